The van der Waals surface area contributed by atoms with E-state index in [-0.39, 0.29) is 24.8 Å². The first kappa shape index (κ1) is 14.6. The Hall–Kier alpha value is -1.47. The Labute approximate surface area is 106 Å². The maximum atomic E-state index is 11.1. The number of aliphatic hydroxyl groups is 1. The topological polar surface area (TPSA) is 90.4 Å². The molecule has 18 heavy (non-hydrogen) atoms. The molecule has 0 saturated heterocycles. The van der Waals surface area contributed by atoms with E-state index in [0.717, 1.165) is 0 Å². The molecule has 1 rings (SSSR count). The minimum absolute atomic E-state index is 0.00199. The number of ether oxygens (including phenoxy) is 1. The number of aliphatic hydroxyl groups excluding tert-OH is 1. The lowest BCUT2D eigenvalue weighted by Gasteiger charge is -2.13. The van der Waals surface area contributed by atoms with Gasteiger partial charge in [-0.15, -0.1) is 0 Å². The van der Waals surface area contributed by atoms with Crippen LogP contribution in [0, 0.1) is 17.0 Å². The molecule has 0 aromatic carbocycles. The molecule has 0 aliphatic rings. The maximum absolute atomic E-state index is 11.1. The smallest absolute Gasteiger partial charge is 0.313 e. The Kier molecular flexibility index (Phi) is 4.80. The maximum Gasteiger partial charge on any atom is 0.313 e. The van der Waals surface area contributed by atoms with E-state index in [2.05, 4.69) is 5.10 Å². The quantitative estimate of drug-likeness (QED) is 0.611. The molecule has 1 aromatic heterocycles. The summed E-state index contributed by atoms with van der Waals surface area (Å²) in [6, 6.07) is 0.00199. The van der Waals surface area contributed by atoms with Crippen molar-refractivity contribution < 1.29 is 14.8 Å². The van der Waals surface area contributed by atoms with E-state index in [1.807, 2.05) is 13.8 Å². The summed E-state index contributed by atoms with van der Waals surface area (Å²) >= 11 is 0. The van der Waals surface area contributed by atoms with Gasteiger partial charge in [0.2, 0.25) is 0 Å². The highest BCUT2D eigenvalue weighted by atomic mass is 16.6. The van der Waals surface area contributed by atoms with Gasteiger partial charge in [-0.05, 0) is 20.8 Å². The predicted molar refractivity (Wildman–Crippen MR) is 65.6 cm³/mol. The molecule has 1 heterocycles. The van der Waals surface area contributed by atoms with Crippen molar-refractivity contribution in [2.75, 3.05) is 13.7 Å². The molecule has 0 bridgehead atoms. The summed E-state index contributed by atoms with van der Waals surface area (Å²) in [5.41, 5.74) is 0.796. The number of rotatable bonds is 6. The molecule has 0 amide bonds. The second kappa shape index (κ2) is 5.92. The van der Waals surface area contributed by atoms with Crippen LogP contribution in [0.2, 0.25) is 0 Å². The summed E-state index contributed by atoms with van der Waals surface area (Å²) in [5.74, 6) is 0. The van der Waals surface area contributed by atoms with Gasteiger partial charge in [0.15, 0.2) is 0 Å². The van der Waals surface area contributed by atoms with Crippen molar-refractivity contribution in [3.05, 3.63) is 21.5 Å². The number of nitrogens with zero attached hydrogens (tertiary/aromatic N) is 3. The highest BCUT2D eigenvalue weighted by molar-refractivity contribution is 5.41. The molecule has 0 radical (unpaired) electrons. The van der Waals surface area contributed by atoms with Crippen molar-refractivity contribution >= 4 is 5.69 Å². The van der Waals surface area contributed by atoms with Gasteiger partial charge in [-0.3, -0.25) is 14.8 Å². The summed E-state index contributed by atoms with van der Waals surface area (Å²) in [7, 11) is 1.47. The van der Waals surface area contributed by atoms with E-state index >= 15 is 0 Å². The number of methoxy groups -OCH3 is 1. The second-order valence-corrected chi connectivity index (χ2v) is 4.49. The SMILES string of the molecule is COCC(O)Cc1c([N+](=O)[O-])c(C)nn1C(C)C. The molecular weight excluding hydrogens is 238 g/mol. The average Bonchev–Trinajstić information content (AvgIpc) is 2.55. The summed E-state index contributed by atoms with van der Waals surface area (Å²) in [5, 5.41) is 25.0. The molecule has 1 unspecified atom stereocenters. The van der Waals surface area contributed by atoms with Crippen molar-refractivity contribution in [3.8, 4) is 0 Å². The average molecular weight is 257 g/mol. The molecule has 7 nitrogen and oxygen atoms in total. The Balaban J connectivity index is 3.15. The number of aryl methyl sites for hydroxylation is 1. The fourth-order valence-corrected chi connectivity index (χ4v) is 1.92. The van der Waals surface area contributed by atoms with Crippen molar-refractivity contribution in [3.63, 3.8) is 0 Å². The summed E-state index contributed by atoms with van der Waals surface area (Å²) in [6.07, 6.45) is -0.620. The lowest BCUT2D eigenvalue weighted by atomic mass is 10.1. The highest BCUT2D eigenvalue weighted by Gasteiger charge is 2.27. The molecule has 7 heteroatoms. The second-order valence-electron chi connectivity index (χ2n) is 4.49. The van der Waals surface area contributed by atoms with Crippen LogP contribution in [0.4, 0.5) is 5.69 Å². The normalized spacial score (nSPS) is 13.0. The molecule has 1 atom stereocenters. The predicted octanol–water partition coefficient (Wildman–Crippen LogP) is 1.23. The Bertz CT molecular complexity index is 428. The minimum atomic E-state index is -0.776. The van der Waals surface area contributed by atoms with Crippen LogP contribution in [0.5, 0.6) is 0 Å². The molecule has 1 aromatic rings. The third-order valence-electron chi connectivity index (χ3n) is 2.61. The minimum Gasteiger partial charge on any atom is -0.390 e. The van der Waals surface area contributed by atoms with Gasteiger partial charge < -0.3 is 9.84 Å². The largest absolute Gasteiger partial charge is 0.390 e. The summed E-state index contributed by atoms with van der Waals surface area (Å²) in [6.45, 7) is 5.52. The van der Waals surface area contributed by atoms with Crippen LogP contribution in [0.1, 0.15) is 31.3 Å². The Morgan fingerprint density at radius 3 is 2.61 bits per heavy atom. The van der Waals surface area contributed by atoms with E-state index in [0.29, 0.717) is 11.4 Å². The van der Waals surface area contributed by atoms with Crippen LogP contribution >= 0.6 is 0 Å². The fraction of sp³-hybridized carbons (Fsp3) is 0.727. The van der Waals surface area contributed by atoms with Crippen molar-refractivity contribution in [1.29, 1.82) is 0 Å². The van der Waals surface area contributed by atoms with Crippen LogP contribution < -0.4 is 0 Å². The third kappa shape index (κ3) is 3.05. The molecule has 0 spiro atoms. The van der Waals surface area contributed by atoms with Crippen molar-refractivity contribution in [1.82, 2.24) is 9.78 Å². The van der Waals surface area contributed by atoms with Gasteiger partial charge in [-0.1, -0.05) is 0 Å². The van der Waals surface area contributed by atoms with Gasteiger partial charge in [-0.25, -0.2) is 0 Å². The van der Waals surface area contributed by atoms with E-state index in [1.54, 1.807) is 11.6 Å². The lowest BCUT2D eigenvalue weighted by Crippen LogP contribution is -2.20. The number of aromatic nitrogens is 2. The zero-order chi connectivity index (χ0) is 13.9. The first-order valence-electron chi connectivity index (χ1n) is 5.77. The van der Waals surface area contributed by atoms with Gasteiger partial charge in [-0.2, -0.15) is 5.10 Å². The zero-order valence-electron chi connectivity index (χ0n) is 11.1. The third-order valence-corrected chi connectivity index (χ3v) is 2.61. The molecule has 102 valence electrons. The van der Waals surface area contributed by atoms with E-state index in [4.69, 9.17) is 4.74 Å². The van der Waals surface area contributed by atoms with Gasteiger partial charge >= 0.3 is 5.69 Å². The van der Waals surface area contributed by atoms with E-state index in [9.17, 15) is 15.2 Å². The van der Waals surface area contributed by atoms with Gasteiger partial charge in [0.1, 0.15) is 11.4 Å². The number of nitro groups is 1. The molecule has 0 saturated carbocycles. The van der Waals surface area contributed by atoms with Crippen LogP contribution in [-0.4, -0.2) is 39.6 Å². The highest BCUT2D eigenvalue weighted by Crippen LogP contribution is 2.26. The van der Waals surface area contributed by atoms with Gasteiger partial charge in [0.05, 0.1) is 17.6 Å². The molecule has 0 aliphatic carbocycles. The summed E-state index contributed by atoms with van der Waals surface area (Å²) < 4.78 is 6.42. The van der Waals surface area contributed by atoms with Crippen LogP contribution in [0.15, 0.2) is 0 Å². The lowest BCUT2D eigenvalue weighted by molar-refractivity contribution is -0.386. The fourth-order valence-electron chi connectivity index (χ4n) is 1.92. The monoisotopic (exact) mass is 257 g/mol. The summed E-state index contributed by atoms with van der Waals surface area (Å²) in [4.78, 5) is 10.6. The van der Waals surface area contributed by atoms with E-state index < -0.39 is 11.0 Å². The molecule has 1 N–H and O–H groups in total. The van der Waals surface area contributed by atoms with Gasteiger partial charge in [0.25, 0.3) is 0 Å². The van der Waals surface area contributed by atoms with Crippen LogP contribution in [-0.2, 0) is 11.2 Å². The molecule has 0 aliphatic heterocycles. The number of hydrogen-bond donors (Lipinski definition) is 1. The van der Waals surface area contributed by atoms with Crippen LogP contribution in [0.3, 0.4) is 0 Å². The zero-order valence-corrected chi connectivity index (χ0v) is 11.1. The van der Waals surface area contributed by atoms with Crippen molar-refractivity contribution in [2.24, 2.45) is 0 Å². The standard InChI is InChI=1S/C11H19N3O4/c1-7(2)13-10(5-9(15)6-18-4)11(14(16)17)8(3)12-13/h7,9,15H,5-6H2,1-4H3. The molecule has 0 fully saturated rings. The van der Waals surface area contributed by atoms with Crippen molar-refractivity contribution in [2.45, 2.75) is 39.3 Å². The van der Waals surface area contributed by atoms with Crippen LogP contribution in [0.25, 0.3) is 0 Å². The Morgan fingerprint density at radius 1 is 1.56 bits per heavy atom. The molecular formula is C11H19N3O4. The van der Waals surface area contributed by atoms with Gasteiger partial charge in [0, 0.05) is 19.6 Å². The first-order chi connectivity index (χ1) is 8.38. The van der Waals surface area contributed by atoms with E-state index in [1.165, 1.54) is 7.11 Å². The first-order valence-corrected chi connectivity index (χ1v) is 5.77. The Morgan fingerprint density at radius 2 is 2.17 bits per heavy atom. The number of hydrogen-bond acceptors (Lipinski definition) is 5.